The van der Waals surface area contributed by atoms with Gasteiger partial charge >= 0.3 is 0 Å². The van der Waals surface area contributed by atoms with Gasteiger partial charge in [0.1, 0.15) is 10.6 Å². The Kier molecular flexibility index (Phi) is 4.26. The number of anilines is 2. The molecule has 0 radical (unpaired) electrons. The Morgan fingerprint density at radius 3 is 3.00 bits per heavy atom. The molecule has 0 amide bonds. The molecule has 3 heterocycles. The molecule has 5 nitrogen and oxygen atoms in total. The van der Waals surface area contributed by atoms with Gasteiger partial charge in [-0.25, -0.2) is 4.98 Å². The fourth-order valence-electron chi connectivity index (χ4n) is 2.89. The fourth-order valence-corrected chi connectivity index (χ4v) is 3.85. The standard InChI is InChI=1S/C15H22N4OS/c1-3-11-8-12-13(19-7-5-6-10(19)9-20)17-15(16-4-2)18-14(12)21-11/h8,10,20H,3-7,9H2,1-2H3,(H,16,17,18). The van der Waals surface area contributed by atoms with Crippen molar-refractivity contribution in [2.24, 2.45) is 0 Å². The highest BCUT2D eigenvalue weighted by Crippen LogP contribution is 2.35. The van der Waals surface area contributed by atoms with Crippen molar-refractivity contribution in [2.45, 2.75) is 39.2 Å². The molecule has 0 saturated carbocycles. The lowest BCUT2D eigenvalue weighted by molar-refractivity contribution is 0.266. The van der Waals surface area contributed by atoms with E-state index in [1.165, 1.54) is 4.88 Å². The van der Waals surface area contributed by atoms with Gasteiger partial charge < -0.3 is 15.3 Å². The van der Waals surface area contributed by atoms with Crippen LogP contribution in [0.25, 0.3) is 10.2 Å². The monoisotopic (exact) mass is 306 g/mol. The smallest absolute Gasteiger partial charge is 0.226 e. The lowest BCUT2D eigenvalue weighted by Crippen LogP contribution is -2.33. The highest BCUT2D eigenvalue weighted by molar-refractivity contribution is 7.18. The van der Waals surface area contributed by atoms with Gasteiger partial charge in [-0.15, -0.1) is 11.3 Å². The molecule has 21 heavy (non-hydrogen) atoms. The second kappa shape index (κ2) is 6.15. The molecule has 2 aromatic rings. The van der Waals surface area contributed by atoms with E-state index in [1.54, 1.807) is 11.3 Å². The summed E-state index contributed by atoms with van der Waals surface area (Å²) in [6.07, 6.45) is 3.15. The molecule has 0 bridgehead atoms. The molecule has 0 aliphatic carbocycles. The van der Waals surface area contributed by atoms with Crippen molar-refractivity contribution >= 4 is 33.3 Å². The van der Waals surface area contributed by atoms with E-state index in [-0.39, 0.29) is 12.6 Å². The average molecular weight is 306 g/mol. The van der Waals surface area contributed by atoms with Gasteiger partial charge in [0.05, 0.1) is 18.0 Å². The lowest BCUT2D eigenvalue weighted by atomic mass is 10.2. The number of aromatic nitrogens is 2. The second-order valence-electron chi connectivity index (χ2n) is 5.36. The summed E-state index contributed by atoms with van der Waals surface area (Å²) in [5.41, 5.74) is 0. The SMILES string of the molecule is CCNc1nc(N2CCCC2CO)c2cc(CC)sc2n1. The normalized spacial score (nSPS) is 18.6. The van der Waals surface area contributed by atoms with Crippen LogP contribution in [0.15, 0.2) is 6.07 Å². The van der Waals surface area contributed by atoms with Crippen LogP contribution in [0.2, 0.25) is 0 Å². The topological polar surface area (TPSA) is 61.3 Å². The fraction of sp³-hybridized carbons (Fsp3) is 0.600. The molecule has 2 N–H and O–H groups in total. The number of nitrogens with one attached hydrogen (secondary N) is 1. The summed E-state index contributed by atoms with van der Waals surface area (Å²) in [4.78, 5) is 14.0. The first-order valence-electron chi connectivity index (χ1n) is 7.68. The van der Waals surface area contributed by atoms with E-state index in [9.17, 15) is 5.11 Å². The minimum Gasteiger partial charge on any atom is -0.394 e. The molecule has 0 aromatic carbocycles. The van der Waals surface area contributed by atoms with Crippen LogP contribution < -0.4 is 10.2 Å². The molecule has 1 saturated heterocycles. The molecule has 1 fully saturated rings. The van der Waals surface area contributed by atoms with Crippen LogP contribution in [0, 0.1) is 0 Å². The van der Waals surface area contributed by atoms with E-state index < -0.39 is 0 Å². The van der Waals surface area contributed by atoms with Gasteiger partial charge in [-0.3, -0.25) is 0 Å². The van der Waals surface area contributed by atoms with Gasteiger partial charge in [0.25, 0.3) is 0 Å². The van der Waals surface area contributed by atoms with Crippen LogP contribution in [0.4, 0.5) is 11.8 Å². The maximum Gasteiger partial charge on any atom is 0.226 e. The highest BCUT2D eigenvalue weighted by Gasteiger charge is 2.27. The van der Waals surface area contributed by atoms with Crippen molar-refractivity contribution in [1.82, 2.24) is 9.97 Å². The summed E-state index contributed by atoms with van der Waals surface area (Å²) >= 11 is 1.74. The zero-order chi connectivity index (χ0) is 14.8. The zero-order valence-corrected chi connectivity index (χ0v) is 13.4. The summed E-state index contributed by atoms with van der Waals surface area (Å²) in [5, 5.41) is 13.9. The number of fused-ring (bicyclic) bond motifs is 1. The third-order valence-electron chi connectivity index (χ3n) is 3.97. The van der Waals surface area contributed by atoms with Gasteiger partial charge in [0.2, 0.25) is 5.95 Å². The lowest BCUT2D eigenvalue weighted by Gasteiger charge is -2.25. The van der Waals surface area contributed by atoms with Crippen molar-refractivity contribution in [1.29, 1.82) is 0 Å². The quantitative estimate of drug-likeness (QED) is 0.889. The number of aliphatic hydroxyl groups is 1. The number of hydrogen-bond acceptors (Lipinski definition) is 6. The van der Waals surface area contributed by atoms with Crippen molar-refractivity contribution in [3.05, 3.63) is 10.9 Å². The molecular weight excluding hydrogens is 284 g/mol. The van der Waals surface area contributed by atoms with E-state index in [0.717, 1.165) is 48.4 Å². The predicted molar refractivity (Wildman–Crippen MR) is 88.4 cm³/mol. The van der Waals surface area contributed by atoms with Crippen LogP contribution in [0.5, 0.6) is 0 Å². The summed E-state index contributed by atoms with van der Waals surface area (Å²) < 4.78 is 0. The van der Waals surface area contributed by atoms with Gasteiger partial charge in [0, 0.05) is 18.0 Å². The number of nitrogens with zero attached hydrogens (tertiary/aromatic N) is 3. The second-order valence-corrected chi connectivity index (χ2v) is 6.47. The van der Waals surface area contributed by atoms with Crippen LogP contribution in [-0.2, 0) is 6.42 Å². The van der Waals surface area contributed by atoms with Crippen LogP contribution >= 0.6 is 11.3 Å². The Labute approximate surface area is 129 Å². The Bertz CT molecular complexity index is 627. The molecule has 114 valence electrons. The molecular formula is C15H22N4OS. The zero-order valence-electron chi connectivity index (χ0n) is 12.6. The largest absolute Gasteiger partial charge is 0.394 e. The van der Waals surface area contributed by atoms with Gasteiger partial charge in [-0.1, -0.05) is 6.92 Å². The predicted octanol–water partition coefficient (Wildman–Crippen LogP) is 2.65. The Balaban J connectivity index is 2.11. The molecule has 1 unspecified atom stereocenters. The maximum atomic E-state index is 9.60. The van der Waals surface area contributed by atoms with Gasteiger partial charge in [0.15, 0.2) is 0 Å². The summed E-state index contributed by atoms with van der Waals surface area (Å²) in [7, 11) is 0. The minimum absolute atomic E-state index is 0.183. The first kappa shape index (κ1) is 14.5. The minimum atomic E-state index is 0.183. The Morgan fingerprint density at radius 2 is 2.29 bits per heavy atom. The number of thiophene rings is 1. The maximum absolute atomic E-state index is 9.60. The molecule has 0 spiro atoms. The number of aliphatic hydroxyl groups excluding tert-OH is 1. The third-order valence-corrected chi connectivity index (χ3v) is 5.14. The van der Waals surface area contributed by atoms with Crippen molar-refractivity contribution in [3.8, 4) is 0 Å². The van der Waals surface area contributed by atoms with Crippen LogP contribution in [0.1, 0.15) is 31.6 Å². The van der Waals surface area contributed by atoms with Crippen molar-refractivity contribution < 1.29 is 5.11 Å². The van der Waals surface area contributed by atoms with E-state index in [4.69, 9.17) is 4.98 Å². The molecule has 1 aliphatic heterocycles. The van der Waals surface area contributed by atoms with Crippen LogP contribution in [-0.4, -0.2) is 40.8 Å². The van der Waals surface area contributed by atoms with E-state index in [1.807, 2.05) is 6.92 Å². The third kappa shape index (κ3) is 2.70. The molecule has 2 aromatic heterocycles. The molecule has 6 heteroatoms. The van der Waals surface area contributed by atoms with Gasteiger partial charge in [-0.05, 0) is 32.3 Å². The molecule has 1 aliphatic rings. The van der Waals surface area contributed by atoms with Crippen LogP contribution in [0.3, 0.4) is 0 Å². The highest BCUT2D eigenvalue weighted by atomic mass is 32.1. The van der Waals surface area contributed by atoms with Gasteiger partial charge in [-0.2, -0.15) is 4.98 Å². The Hall–Kier alpha value is -1.40. The summed E-state index contributed by atoms with van der Waals surface area (Å²) in [6.45, 7) is 6.16. The summed E-state index contributed by atoms with van der Waals surface area (Å²) in [5.74, 6) is 1.66. The van der Waals surface area contributed by atoms with E-state index in [2.05, 4.69) is 28.2 Å². The van der Waals surface area contributed by atoms with Crippen molar-refractivity contribution in [2.75, 3.05) is 29.9 Å². The average Bonchev–Trinajstić information content (AvgIpc) is 3.12. The number of rotatable bonds is 5. The Morgan fingerprint density at radius 1 is 1.43 bits per heavy atom. The number of hydrogen-bond donors (Lipinski definition) is 2. The first-order chi connectivity index (χ1) is 10.3. The summed E-state index contributed by atoms with van der Waals surface area (Å²) in [6, 6.07) is 2.39. The van der Waals surface area contributed by atoms with Crippen molar-refractivity contribution in [3.63, 3.8) is 0 Å². The number of aryl methyl sites for hydroxylation is 1. The molecule has 1 atom stereocenters. The van der Waals surface area contributed by atoms with E-state index in [0.29, 0.717) is 5.95 Å². The first-order valence-corrected chi connectivity index (χ1v) is 8.50. The van der Waals surface area contributed by atoms with E-state index >= 15 is 0 Å². The molecule has 3 rings (SSSR count).